The normalized spacial score (nSPS) is 16.4. The summed E-state index contributed by atoms with van der Waals surface area (Å²) in [6.45, 7) is 4.62. The molecule has 0 atom stereocenters. The van der Waals surface area contributed by atoms with Crippen molar-refractivity contribution in [2.24, 2.45) is 5.10 Å². The molecule has 2 N–H and O–H groups in total. The number of nitrogens with one attached hydrogen (secondary N) is 1. The van der Waals surface area contributed by atoms with E-state index in [1.54, 1.807) is 28.8 Å². The molecule has 1 aliphatic heterocycles. The molecule has 11 heteroatoms. The van der Waals surface area contributed by atoms with Crippen molar-refractivity contribution in [3.63, 3.8) is 0 Å². The Kier molecular flexibility index (Phi) is 7.34. The summed E-state index contributed by atoms with van der Waals surface area (Å²) >= 11 is 0. The van der Waals surface area contributed by atoms with E-state index in [0.29, 0.717) is 43.8 Å². The van der Waals surface area contributed by atoms with Gasteiger partial charge in [0.05, 0.1) is 18.0 Å². The number of halogens is 1. The maximum absolute atomic E-state index is 15.5. The Morgan fingerprint density at radius 2 is 1.85 bits per heavy atom. The number of piperazine rings is 1. The number of fused-ring (bicyclic) bond motifs is 1. The number of hydrogen-bond donors (Lipinski definition) is 2. The molecule has 3 aromatic rings. The molecule has 2 fully saturated rings. The highest BCUT2D eigenvalue weighted by molar-refractivity contribution is 5.97. The van der Waals surface area contributed by atoms with Crippen molar-refractivity contribution in [3.8, 4) is 5.75 Å². The highest BCUT2D eigenvalue weighted by Gasteiger charge is 2.32. The van der Waals surface area contributed by atoms with E-state index in [1.807, 2.05) is 17.9 Å². The van der Waals surface area contributed by atoms with E-state index in [2.05, 4.69) is 15.4 Å². The monoisotopic (exact) mass is 535 g/mol. The lowest BCUT2D eigenvalue weighted by Crippen LogP contribution is -2.48. The zero-order valence-corrected chi connectivity index (χ0v) is 21.8. The minimum absolute atomic E-state index is 0.00271. The number of pyridine rings is 1. The van der Waals surface area contributed by atoms with Gasteiger partial charge in [-0.15, -0.1) is 0 Å². The maximum atomic E-state index is 15.5. The number of carboxylic acid groups (broad SMARTS) is 1. The number of carbonyl (C=O) groups excluding carboxylic acids is 1. The van der Waals surface area contributed by atoms with Gasteiger partial charge in [-0.1, -0.05) is 18.2 Å². The molecule has 204 valence electrons. The molecule has 2 heterocycles. The Labute approximate surface area is 224 Å². The summed E-state index contributed by atoms with van der Waals surface area (Å²) in [4.78, 5) is 40.9. The molecule has 10 nitrogen and oxygen atoms in total. The molecule has 2 aliphatic rings. The quantitative estimate of drug-likeness (QED) is 0.336. The minimum Gasteiger partial charge on any atom is -0.492 e. The van der Waals surface area contributed by atoms with E-state index in [4.69, 9.17) is 4.74 Å². The second kappa shape index (κ2) is 10.9. The lowest BCUT2D eigenvalue weighted by Gasteiger charge is -2.37. The summed E-state index contributed by atoms with van der Waals surface area (Å²) in [5.41, 5.74) is 3.43. The first-order valence-corrected chi connectivity index (χ1v) is 12.8. The number of hydrogen-bond acceptors (Lipinski definition) is 7. The topological polar surface area (TPSA) is 116 Å². The number of methoxy groups -OCH3 is 1. The second-order valence-corrected chi connectivity index (χ2v) is 9.87. The Morgan fingerprint density at radius 3 is 2.46 bits per heavy atom. The van der Waals surface area contributed by atoms with E-state index in [0.717, 1.165) is 24.6 Å². The fraction of sp³-hybridized carbons (Fsp3) is 0.357. The van der Waals surface area contributed by atoms with Crippen LogP contribution in [0.15, 0.2) is 52.5 Å². The van der Waals surface area contributed by atoms with Crippen LogP contribution in [0.2, 0.25) is 0 Å². The Morgan fingerprint density at radius 1 is 1.15 bits per heavy atom. The number of ether oxygens (including phenoxy) is 1. The van der Waals surface area contributed by atoms with Crippen LogP contribution in [-0.4, -0.2) is 72.0 Å². The average molecular weight is 536 g/mol. The van der Waals surface area contributed by atoms with Crippen LogP contribution in [-0.2, 0) is 0 Å². The van der Waals surface area contributed by atoms with Crippen LogP contribution in [0, 0.1) is 5.82 Å². The lowest BCUT2D eigenvalue weighted by molar-refractivity contribution is 0.0694. The number of anilines is 1. The molecule has 1 aliphatic carbocycles. The number of hydrazone groups is 1. The molecule has 1 aromatic heterocycles. The number of aromatic nitrogens is 1. The van der Waals surface area contributed by atoms with E-state index >= 15 is 4.39 Å². The minimum atomic E-state index is -1.34. The smallest absolute Gasteiger partial charge is 0.341 e. The van der Waals surface area contributed by atoms with Crippen molar-refractivity contribution >= 4 is 34.2 Å². The molecule has 1 amide bonds. The maximum Gasteiger partial charge on any atom is 0.341 e. The molecule has 2 aromatic carbocycles. The van der Waals surface area contributed by atoms with Gasteiger partial charge in [0.15, 0.2) is 11.6 Å². The van der Waals surface area contributed by atoms with Gasteiger partial charge in [0.2, 0.25) is 5.43 Å². The van der Waals surface area contributed by atoms with Crippen LogP contribution in [0.5, 0.6) is 5.75 Å². The van der Waals surface area contributed by atoms with Crippen molar-refractivity contribution in [3.05, 3.63) is 69.8 Å². The van der Waals surface area contributed by atoms with E-state index in [1.165, 1.54) is 13.3 Å². The molecule has 0 unspecified atom stereocenters. The summed E-state index contributed by atoms with van der Waals surface area (Å²) in [7, 11) is 1.43. The summed E-state index contributed by atoms with van der Waals surface area (Å²) in [5, 5.41) is 13.7. The van der Waals surface area contributed by atoms with Gasteiger partial charge in [0, 0.05) is 56.2 Å². The molecule has 0 bridgehead atoms. The van der Waals surface area contributed by atoms with Crippen molar-refractivity contribution in [2.75, 3.05) is 44.7 Å². The zero-order chi connectivity index (χ0) is 27.7. The standard InChI is InChI=1S/C28H30FN5O5/c1-17(30-31-27(36)18-6-4-3-5-7-18)15-32-10-12-33(13-11-32)24-22(29)14-20-23(26(24)39-2)34(19-8-9-19)16-21(25(20)35)28(37)38/h3-7,14,16,19H,8-13,15H2,1-2H3,(H,31,36)(H,37,38)/b30-17+. The molecular formula is C28H30FN5O5. The van der Waals surface area contributed by atoms with Crippen LogP contribution in [0.4, 0.5) is 10.1 Å². The summed E-state index contributed by atoms with van der Waals surface area (Å²) in [6.07, 6.45) is 3.04. The molecule has 0 spiro atoms. The Bertz CT molecular complexity index is 1510. The third-order valence-corrected chi connectivity index (χ3v) is 7.10. The predicted molar refractivity (Wildman–Crippen MR) is 146 cm³/mol. The van der Waals surface area contributed by atoms with E-state index < -0.39 is 17.2 Å². The predicted octanol–water partition coefficient (Wildman–Crippen LogP) is 3.11. The fourth-order valence-electron chi connectivity index (χ4n) is 5.01. The number of rotatable bonds is 8. The molecule has 5 rings (SSSR count). The van der Waals surface area contributed by atoms with Crippen molar-refractivity contribution in [2.45, 2.75) is 25.8 Å². The number of amides is 1. The van der Waals surface area contributed by atoms with Gasteiger partial charge in [-0.25, -0.2) is 14.6 Å². The SMILES string of the molecule is COc1c(N2CCN(C/C(C)=N/NC(=O)c3ccccc3)CC2)c(F)cc2c(=O)c(C(=O)O)cn(C3CC3)c12. The Hall–Kier alpha value is -4.25. The van der Waals surface area contributed by atoms with Gasteiger partial charge in [-0.05, 0) is 38.0 Å². The number of carbonyl (C=O) groups is 2. The van der Waals surface area contributed by atoms with E-state index in [-0.39, 0.29) is 34.3 Å². The second-order valence-electron chi connectivity index (χ2n) is 9.87. The summed E-state index contributed by atoms with van der Waals surface area (Å²) in [6, 6.07) is 10.0. The number of carboxylic acids is 1. The zero-order valence-electron chi connectivity index (χ0n) is 21.8. The summed E-state index contributed by atoms with van der Waals surface area (Å²) < 4.78 is 23.0. The van der Waals surface area contributed by atoms with Gasteiger partial charge in [-0.2, -0.15) is 5.10 Å². The van der Waals surface area contributed by atoms with Crippen LogP contribution in [0.25, 0.3) is 10.9 Å². The number of benzene rings is 2. The van der Waals surface area contributed by atoms with Crippen LogP contribution < -0.4 is 20.5 Å². The summed E-state index contributed by atoms with van der Waals surface area (Å²) in [5.74, 6) is -2.01. The third kappa shape index (κ3) is 5.35. The van der Waals surface area contributed by atoms with Gasteiger partial charge >= 0.3 is 5.97 Å². The van der Waals surface area contributed by atoms with Crippen LogP contribution >= 0.6 is 0 Å². The molecule has 39 heavy (non-hydrogen) atoms. The highest BCUT2D eigenvalue weighted by Crippen LogP contribution is 2.43. The largest absolute Gasteiger partial charge is 0.492 e. The first kappa shape index (κ1) is 26.4. The molecule has 1 saturated heterocycles. The Balaban J connectivity index is 1.34. The highest BCUT2D eigenvalue weighted by atomic mass is 19.1. The molecule has 0 radical (unpaired) electrons. The first-order chi connectivity index (χ1) is 18.8. The van der Waals surface area contributed by atoms with Crippen molar-refractivity contribution in [1.82, 2.24) is 14.9 Å². The van der Waals surface area contributed by atoms with Gasteiger partial charge in [0.25, 0.3) is 5.91 Å². The number of aromatic carboxylic acids is 1. The van der Waals surface area contributed by atoms with Crippen molar-refractivity contribution in [1.29, 1.82) is 0 Å². The van der Waals surface area contributed by atoms with E-state index in [9.17, 15) is 19.5 Å². The average Bonchev–Trinajstić information content (AvgIpc) is 3.78. The first-order valence-electron chi connectivity index (χ1n) is 12.8. The van der Waals surface area contributed by atoms with Gasteiger partial charge < -0.3 is 19.3 Å². The third-order valence-electron chi connectivity index (χ3n) is 7.10. The fourth-order valence-corrected chi connectivity index (χ4v) is 5.01. The van der Waals surface area contributed by atoms with Crippen LogP contribution in [0.3, 0.4) is 0 Å². The molecule has 1 saturated carbocycles. The lowest BCUT2D eigenvalue weighted by atomic mass is 10.1. The van der Waals surface area contributed by atoms with Crippen LogP contribution in [0.1, 0.15) is 46.5 Å². The van der Waals surface area contributed by atoms with Crippen molar-refractivity contribution < 1.29 is 23.8 Å². The van der Waals surface area contributed by atoms with Gasteiger partial charge in [-0.3, -0.25) is 14.5 Å². The molecular weight excluding hydrogens is 505 g/mol. The van der Waals surface area contributed by atoms with Gasteiger partial charge in [0.1, 0.15) is 11.3 Å². The number of nitrogens with zero attached hydrogens (tertiary/aromatic N) is 4.